The second kappa shape index (κ2) is 9.27. The van der Waals surface area contributed by atoms with Crippen molar-refractivity contribution in [3.8, 4) is 5.75 Å². The molecule has 7 nitrogen and oxygen atoms in total. The van der Waals surface area contributed by atoms with Crippen LogP contribution in [0.5, 0.6) is 5.75 Å². The van der Waals surface area contributed by atoms with E-state index in [0.29, 0.717) is 27.4 Å². The lowest BCUT2D eigenvalue weighted by molar-refractivity contribution is -0.139. The summed E-state index contributed by atoms with van der Waals surface area (Å²) >= 11 is 4.03. The topological polar surface area (TPSA) is 101 Å². The number of carbonyl (C=O) groups excluding carboxylic acids is 3. The maximum Gasteiger partial charge on any atom is 0.341 e. The first-order valence-corrected chi connectivity index (χ1v) is 10.3. The molecule has 2 aromatic carbocycles. The van der Waals surface area contributed by atoms with E-state index in [1.165, 1.54) is 6.08 Å². The van der Waals surface area contributed by atoms with Gasteiger partial charge in [-0.15, -0.1) is 0 Å². The molecule has 2 amide bonds. The van der Waals surface area contributed by atoms with E-state index in [0.717, 1.165) is 10.5 Å². The van der Waals surface area contributed by atoms with Crippen LogP contribution >= 0.6 is 27.7 Å². The number of halogens is 1. The Morgan fingerprint density at radius 2 is 1.87 bits per heavy atom. The molecule has 1 heterocycles. The maximum absolute atomic E-state index is 12.7. The minimum atomic E-state index is -1.14. The molecule has 9 heteroatoms. The fraction of sp³-hybridized carbons (Fsp3) is 0.143. The minimum absolute atomic E-state index is 0.120. The van der Waals surface area contributed by atoms with Crippen LogP contribution in [0.1, 0.15) is 21.5 Å². The van der Waals surface area contributed by atoms with Gasteiger partial charge in [-0.25, -0.2) is 4.79 Å². The number of aliphatic carboxylic acids is 1. The zero-order chi connectivity index (χ0) is 21.8. The van der Waals surface area contributed by atoms with Crippen molar-refractivity contribution in [2.24, 2.45) is 0 Å². The highest BCUT2D eigenvalue weighted by molar-refractivity contribution is 9.10. The number of benzene rings is 2. The van der Waals surface area contributed by atoms with Gasteiger partial charge in [0.05, 0.1) is 11.4 Å². The predicted molar refractivity (Wildman–Crippen MR) is 115 cm³/mol. The van der Waals surface area contributed by atoms with Crippen molar-refractivity contribution < 1.29 is 29.0 Å². The van der Waals surface area contributed by atoms with Crippen LogP contribution in [-0.2, 0) is 9.59 Å². The molecule has 0 atom stereocenters. The summed E-state index contributed by atoms with van der Waals surface area (Å²) < 4.78 is 5.93. The van der Waals surface area contributed by atoms with Gasteiger partial charge < -0.3 is 9.84 Å². The molecule has 0 aromatic heterocycles. The number of ether oxygens (including phenoxy) is 1. The number of thioether (sulfide) groups is 1. The first kappa shape index (κ1) is 21.8. The highest BCUT2D eigenvalue weighted by Gasteiger charge is 2.36. The SMILES string of the molecule is Cc1ccc(C(=O)CN2C(=O)SC(=Cc3cc(Br)ccc3OCC(=O)O)C2=O)cc1. The highest BCUT2D eigenvalue weighted by Crippen LogP contribution is 2.35. The summed E-state index contributed by atoms with van der Waals surface area (Å²) in [6, 6.07) is 11.7. The number of Topliss-reactive ketones (excluding diaryl/α,β-unsaturated/α-hetero) is 1. The second-order valence-corrected chi connectivity index (χ2v) is 8.33. The van der Waals surface area contributed by atoms with Gasteiger partial charge in [-0.1, -0.05) is 45.8 Å². The predicted octanol–water partition coefficient (Wildman–Crippen LogP) is 4.14. The van der Waals surface area contributed by atoms with Crippen LogP contribution in [0.15, 0.2) is 51.8 Å². The standard InChI is InChI=1S/C21H16BrNO6S/c1-12-2-4-13(5-3-12)16(24)10-23-20(27)18(30-21(23)28)9-14-8-15(22)6-7-17(14)29-11-19(25)26/h2-9H,10-11H2,1H3,(H,25,26). The summed E-state index contributed by atoms with van der Waals surface area (Å²) in [4.78, 5) is 49.3. The molecule has 1 saturated heterocycles. The van der Waals surface area contributed by atoms with Gasteiger partial charge in [0.15, 0.2) is 12.4 Å². The molecule has 0 radical (unpaired) electrons. The number of amides is 2. The van der Waals surface area contributed by atoms with Crippen molar-refractivity contribution in [3.63, 3.8) is 0 Å². The van der Waals surface area contributed by atoms with E-state index in [4.69, 9.17) is 9.84 Å². The van der Waals surface area contributed by atoms with Crippen molar-refractivity contribution in [3.05, 3.63) is 68.5 Å². The normalized spacial score (nSPS) is 15.0. The Balaban J connectivity index is 1.81. The van der Waals surface area contributed by atoms with E-state index in [9.17, 15) is 19.2 Å². The molecule has 0 unspecified atom stereocenters. The lowest BCUT2D eigenvalue weighted by Crippen LogP contribution is -2.33. The summed E-state index contributed by atoms with van der Waals surface area (Å²) in [7, 11) is 0. The smallest absolute Gasteiger partial charge is 0.341 e. The number of carboxylic acid groups (broad SMARTS) is 1. The Morgan fingerprint density at radius 3 is 2.53 bits per heavy atom. The molecule has 0 aliphatic carbocycles. The molecule has 1 aliphatic heterocycles. The van der Waals surface area contributed by atoms with Gasteiger partial charge in [0, 0.05) is 15.6 Å². The second-order valence-electron chi connectivity index (χ2n) is 6.42. The third kappa shape index (κ3) is 5.17. The number of nitrogens with zero attached hydrogens (tertiary/aromatic N) is 1. The average Bonchev–Trinajstić information content (AvgIpc) is 2.95. The number of rotatable bonds is 7. The zero-order valence-corrected chi connectivity index (χ0v) is 18.2. The Kier molecular flexibility index (Phi) is 6.73. The monoisotopic (exact) mass is 489 g/mol. The molecule has 3 rings (SSSR count). The van der Waals surface area contributed by atoms with Crippen molar-refractivity contribution in [1.82, 2.24) is 4.90 Å². The summed E-state index contributed by atoms with van der Waals surface area (Å²) in [6.45, 7) is 0.993. The van der Waals surface area contributed by atoms with E-state index in [2.05, 4.69) is 15.9 Å². The number of imide groups is 1. The lowest BCUT2D eigenvalue weighted by Gasteiger charge is -2.11. The molecule has 154 valence electrons. The number of hydrogen-bond donors (Lipinski definition) is 1. The fourth-order valence-corrected chi connectivity index (χ4v) is 3.86. The van der Waals surface area contributed by atoms with Crippen molar-refractivity contribution in [2.75, 3.05) is 13.2 Å². The van der Waals surface area contributed by atoms with E-state index in [1.807, 2.05) is 6.92 Å². The van der Waals surface area contributed by atoms with Crippen molar-refractivity contribution in [1.29, 1.82) is 0 Å². The number of carboxylic acids is 1. The van der Waals surface area contributed by atoms with Crippen LogP contribution < -0.4 is 4.74 Å². The van der Waals surface area contributed by atoms with E-state index in [1.54, 1.807) is 42.5 Å². The fourth-order valence-electron chi connectivity index (χ4n) is 2.65. The Morgan fingerprint density at radius 1 is 1.17 bits per heavy atom. The molecule has 1 fully saturated rings. The molecule has 2 aromatic rings. The number of aryl methyl sites for hydroxylation is 1. The van der Waals surface area contributed by atoms with Crippen molar-refractivity contribution in [2.45, 2.75) is 6.92 Å². The minimum Gasteiger partial charge on any atom is -0.481 e. The molecule has 0 saturated carbocycles. The number of carbonyl (C=O) groups is 4. The highest BCUT2D eigenvalue weighted by atomic mass is 79.9. The molecular weight excluding hydrogens is 474 g/mol. The van der Waals surface area contributed by atoms with Crippen LogP contribution in [-0.4, -0.2) is 46.1 Å². The van der Waals surface area contributed by atoms with Gasteiger partial charge in [0.1, 0.15) is 5.75 Å². The number of hydrogen-bond acceptors (Lipinski definition) is 6. The molecule has 1 aliphatic rings. The van der Waals surface area contributed by atoms with Crippen LogP contribution in [0.3, 0.4) is 0 Å². The first-order chi connectivity index (χ1) is 14.2. The first-order valence-electron chi connectivity index (χ1n) is 8.74. The third-order valence-electron chi connectivity index (χ3n) is 4.16. The Bertz CT molecular complexity index is 1060. The largest absolute Gasteiger partial charge is 0.481 e. The summed E-state index contributed by atoms with van der Waals surface area (Å²) in [6.07, 6.45) is 1.45. The van der Waals surface area contributed by atoms with Crippen LogP contribution in [0.2, 0.25) is 0 Å². The Hall–Kier alpha value is -2.91. The summed E-state index contributed by atoms with van der Waals surface area (Å²) in [5.41, 5.74) is 1.84. The van der Waals surface area contributed by atoms with Gasteiger partial charge >= 0.3 is 5.97 Å². The van der Waals surface area contributed by atoms with Gasteiger partial charge in [-0.3, -0.25) is 19.3 Å². The van der Waals surface area contributed by atoms with E-state index >= 15 is 0 Å². The van der Waals surface area contributed by atoms with Gasteiger partial charge in [0.25, 0.3) is 11.1 Å². The third-order valence-corrected chi connectivity index (χ3v) is 5.56. The number of ketones is 1. The maximum atomic E-state index is 12.7. The molecule has 0 bridgehead atoms. The van der Waals surface area contributed by atoms with Crippen LogP contribution in [0, 0.1) is 6.92 Å². The van der Waals surface area contributed by atoms with Gasteiger partial charge in [-0.2, -0.15) is 0 Å². The summed E-state index contributed by atoms with van der Waals surface area (Å²) in [5.74, 6) is -1.82. The quantitative estimate of drug-likeness (QED) is 0.460. The lowest BCUT2D eigenvalue weighted by atomic mass is 10.1. The van der Waals surface area contributed by atoms with Crippen LogP contribution in [0.25, 0.3) is 6.08 Å². The summed E-state index contributed by atoms with van der Waals surface area (Å²) in [5, 5.41) is 8.27. The van der Waals surface area contributed by atoms with E-state index in [-0.39, 0.29) is 23.0 Å². The van der Waals surface area contributed by atoms with E-state index < -0.39 is 23.7 Å². The molecule has 30 heavy (non-hydrogen) atoms. The average molecular weight is 490 g/mol. The van der Waals surface area contributed by atoms with Crippen LogP contribution in [0.4, 0.5) is 4.79 Å². The van der Waals surface area contributed by atoms with Gasteiger partial charge in [0.2, 0.25) is 0 Å². The van der Waals surface area contributed by atoms with Gasteiger partial charge in [-0.05, 0) is 43.0 Å². The molecule has 1 N–H and O–H groups in total. The Labute approximate surface area is 184 Å². The molecular formula is C21H16BrNO6S. The zero-order valence-electron chi connectivity index (χ0n) is 15.8. The van der Waals surface area contributed by atoms with Crippen molar-refractivity contribution >= 4 is 56.7 Å². The molecule has 0 spiro atoms.